The fourth-order valence-corrected chi connectivity index (χ4v) is 2.92. The van der Waals surface area contributed by atoms with E-state index in [4.69, 9.17) is 4.74 Å². The number of amides is 2. The van der Waals surface area contributed by atoms with Crippen LogP contribution in [0.1, 0.15) is 46.5 Å². The third-order valence-corrected chi connectivity index (χ3v) is 4.74. The number of carbonyl (C=O) groups excluding carboxylic acids is 2. The van der Waals surface area contributed by atoms with E-state index < -0.39 is 17.2 Å². The van der Waals surface area contributed by atoms with Gasteiger partial charge in [0.05, 0.1) is 6.61 Å². The average Bonchev–Trinajstić information content (AvgIpc) is 2.74. The van der Waals surface area contributed by atoms with Crippen molar-refractivity contribution in [1.82, 2.24) is 15.2 Å². The second-order valence-electron chi connectivity index (χ2n) is 7.72. The molecule has 168 valence electrons. The number of nitrogens with zero attached hydrogens (tertiary/aromatic N) is 1. The summed E-state index contributed by atoms with van der Waals surface area (Å²) in [6, 6.07) is 6.00. The standard InChI is InChI=1S/C23H30FN3O4/c1-16(2)9-12-27-14-19(21(28)20(15-27)23(30)26-11-13-31-3)22(29)25-10-8-17-4-6-18(24)7-5-17/h4-7,14-16H,8-13H2,1-3H3,(H,25,29)(H,26,30). The van der Waals surface area contributed by atoms with Gasteiger partial charge in [0.15, 0.2) is 0 Å². The molecule has 0 fully saturated rings. The van der Waals surface area contributed by atoms with E-state index in [0.29, 0.717) is 25.5 Å². The van der Waals surface area contributed by atoms with Gasteiger partial charge in [0, 0.05) is 39.1 Å². The zero-order valence-electron chi connectivity index (χ0n) is 18.2. The molecule has 2 rings (SSSR count). The molecule has 2 amide bonds. The van der Waals surface area contributed by atoms with E-state index in [9.17, 15) is 18.8 Å². The number of aromatic nitrogens is 1. The van der Waals surface area contributed by atoms with Crippen molar-refractivity contribution >= 4 is 11.8 Å². The minimum atomic E-state index is -0.616. The number of rotatable bonds is 11. The summed E-state index contributed by atoms with van der Waals surface area (Å²) >= 11 is 0. The molecule has 1 aromatic carbocycles. The molecule has 0 aliphatic heterocycles. The minimum absolute atomic E-state index is 0.0777. The number of nitrogens with one attached hydrogen (secondary N) is 2. The lowest BCUT2D eigenvalue weighted by atomic mass is 10.1. The van der Waals surface area contributed by atoms with Crippen molar-refractivity contribution in [3.05, 3.63) is 69.4 Å². The molecule has 1 heterocycles. The first-order valence-corrected chi connectivity index (χ1v) is 10.4. The van der Waals surface area contributed by atoms with Crippen LogP contribution in [0.3, 0.4) is 0 Å². The highest BCUT2D eigenvalue weighted by Gasteiger charge is 2.19. The van der Waals surface area contributed by atoms with Gasteiger partial charge in [-0.2, -0.15) is 0 Å². The SMILES string of the molecule is COCCNC(=O)c1cn(CCC(C)C)cc(C(=O)NCCc2ccc(F)cc2)c1=O. The zero-order valence-corrected chi connectivity index (χ0v) is 18.2. The average molecular weight is 432 g/mol. The summed E-state index contributed by atoms with van der Waals surface area (Å²) in [6.07, 6.45) is 4.30. The van der Waals surface area contributed by atoms with Gasteiger partial charge in [-0.3, -0.25) is 14.4 Å². The third kappa shape index (κ3) is 7.64. The Hall–Kier alpha value is -3.00. The number of benzene rings is 1. The van der Waals surface area contributed by atoms with Gasteiger partial charge in [-0.15, -0.1) is 0 Å². The Morgan fingerprint density at radius 1 is 1.03 bits per heavy atom. The van der Waals surface area contributed by atoms with Crippen LogP contribution in [0.15, 0.2) is 41.5 Å². The maximum atomic E-state index is 13.0. The van der Waals surface area contributed by atoms with Crippen molar-refractivity contribution < 1.29 is 18.7 Å². The molecule has 0 saturated carbocycles. The van der Waals surface area contributed by atoms with E-state index in [1.54, 1.807) is 16.7 Å². The van der Waals surface area contributed by atoms with Gasteiger partial charge in [-0.1, -0.05) is 26.0 Å². The molecule has 0 aliphatic carbocycles. The lowest BCUT2D eigenvalue weighted by molar-refractivity contribution is 0.0935. The molecule has 2 N–H and O–H groups in total. The third-order valence-electron chi connectivity index (χ3n) is 4.74. The van der Waals surface area contributed by atoms with Crippen LogP contribution in [0.4, 0.5) is 4.39 Å². The van der Waals surface area contributed by atoms with E-state index in [1.165, 1.54) is 31.6 Å². The van der Waals surface area contributed by atoms with Crippen molar-refractivity contribution in [1.29, 1.82) is 0 Å². The number of ether oxygens (including phenoxy) is 1. The number of halogens is 1. The summed E-state index contributed by atoms with van der Waals surface area (Å²) in [5.41, 5.74) is 0.0885. The Morgan fingerprint density at radius 2 is 1.61 bits per heavy atom. The van der Waals surface area contributed by atoms with E-state index in [-0.39, 0.29) is 30.0 Å². The zero-order chi connectivity index (χ0) is 22.8. The van der Waals surface area contributed by atoms with Crippen LogP contribution in [-0.2, 0) is 17.7 Å². The molecule has 2 aromatic rings. The Kier molecular flexibility index (Phi) is 9.40. The molecule has 7 nitrogen and oxygen atoms in total. The van der Waals surface area contributed by atoms with Crippen LogP contribution in [0.5, 0.6) is 0 Å². The predicted molar refractivity (Wildman–Crippen MR) is 117 cm³/mol. The van der Waals surface area contributed by atoms with Gasteiger partial charge in [-0.05, 0) is 36.5 Å². The summed E-state index contributed by atoms with van der Waals surface area (Å²) < 4.78 is 19.6. The minimum Gasteiger partial charge on any atom is -0.383 e. The topological polar surface area (TPSA) is 89.4 Å². The molecule has 0 bridgehead atoms. The van der Waals surface area contributed by atoms with Crippen molar-refractivity contribution in [3.8, 4) is 0 Å². The van der Waals surface area contributed by atoms with Crippen LogP contribution >= 0.6 is 0 Å². The Labute approximate surface area is 181 Å². The molecular formula is C23H30FN3O4. The van der Waals surface area contributed by atoms with Gasteiger partial charge in [-0.25, -0.2) is 4.39 Å². The van der Waals surface area contributed by atoms with Crippen LogP contribution < -0.4 is 16.1 Å². The van der Waals surface area contributed by atoms with Gasteiger partial charge >= 0.3 is 0 Å². The summed E-state index contributed by atoms with van der Waals surface area (Å²) in [6.45, 7) is 5.58. The van der Waals surface area contributed by atoms with Gasteiger partial charge in [0.1, 0.15) is 16.9 Å². The normalized spacial score (nSPS) is 10.9. The molecule has 0 radical (unpaired) electrons. The highest BCUT2D eigenvalue weighted by atomic mass is 19.1. The van der Waals surface area contributed by atoms with Crippen LogP contribution in [0, 0.1) is 11.7 Å². The highest BCUT2D eigenvalue weighted by molar-refractivity contribution is 5.99. The summed E-state index contributed by atoms with van der Waals surface area (Å²) in [4.78, 5) is 38.0. The fraction of sp³-hybridized carbons (Fsp3) is 0.435. The van der Waals surface area contributed by atoms with Crippen molar-refractivity contribution in [3.63, 3.8) is 0 Å². The highest BCUT2D eigenvalue weighted by Crippen LogP contribution is 2.06. The van der Waals surface area contributed by atoms with Gasteiger partial charge in [0.2, 0.25) is 5.43 Å². The van der Waals surface area contributed by atoms with Gasteiger partial charge < -0.3 is 19.9 Å². The molecular weight excluding hydrogens is 401 g/mol. The van der Waals surface area contributed by atoms with Crippen molar-refractivity contribution in [2.24, 2.45) is 5.92 Å². The van der Waals surface area contributed by atoms with Crippen molar-refractivity contribution in [2.45, 2.75) is 33.2 Å². The predicted octanol–water partition coefficient (Wildman–Crippen LogP) is 2.38. The first-order valence-electron chi connectivity index (χ1n) is 10.4. The van der Waals surface area contributed by atoms with Crippen LogP contribution in [0.2, 0.25) is 0 Å². The summed E-state index contributed by atoms with van der Waals surface area (Å²) in [7, 11) is 1.52. The monoisotopic (exact) mass is 431 g/mol. The maximum absolute atomic E-state index is 13.0. The molecule has 0 unspecified atom stereocenters. The first-order chi connectivity index (χ1) is 14.8. The number of aryl methyl sites for hydroxylation is 1. The smallest absolute Gasteiger partial charge is 0.256 e. The number of hydrogen-bond donors (Lipinski definition) is 2. The second kappa shape index (κ2) is 12.0. The number of carbonyl (C=O) groups is 2. The van der Waals surface area contributed by atoms with Crippen LogP contribution in [-0.4, -0.2) is 43.2 Å². The maximum Gasteiger partial charge on any atom is 0.256 e. The number of pyridine rings is 1. The van der Waals surface area contributed by atoms with E-state index >= 15 is 0 Å². The number of hydrogen-bond acceptors (Lipinski definition) is 4. The quantitative estimate of drug-likeness (QED) is 0.535. The first kappa shape index (κ1) is 24.3. The van der Waals surface area contributed by atoms with E-state index in [0.717, 1.165) is 12.0 Å². The molecule has 0 spiro atoms. The van der Waals surface area contributed by atoms with Gasteiger partial charge in [0.25, 0.3) is 11.8 Å². The molecule has 0 aliphatic rings. The Morgan fingerprint density at radius 3 is 2.16 bits per heavy atom. The molecule has 0 saturated heterocycles. The fourth-order valence-electron chi connectivity index (χ4n) is 2.92. The lowest BCUT2D eigenvalue weighted by Crippen LogP contribution is -2.36. The molecule has 1 aromatic heterocycles. The van der Waals surface area contributed by atoms with Crippen molar-refractivity contribution in [2.75, 3.05) is 26.8 Å². The molecule has 8 heteroatoms. The lowest BCUT2D eigenvalue weighted by Gasteiger charge is -2.13. The summed E-state index contributed by atoms with van der Waals surface area (Å²) in [5.74, 6) is -0.986. The van der Waals surface area contributed by atoms with E-state index in [2.05, 4.69) is 24.5 Å². The Balaban J connectivity index is 2.17. The molecule has 31 heavy (non-hydrogen) atoms. The largest absolute Gasteiger partial charge is 0.383 e. The summed E-state index contributed by atoms with van der Waals surface area (Å²) in [5, 5.41) is 5.34. The number of methoxy groups -OCH3 is 1. The van der Waals surface area contributed by atoms with E-state index in [1.807, 2.05) is 0 Å². The molecule has 0 atom stereocenters. The second-order valence-corrected chi connectivity index (χ2v) is 7.72. The van der Waals surface area contributed by atoms with Crippen LogP contribution in [0.25, 0.3) is 0 Å². The Bertz CT molecular complexity index is 939.